The lowest BCUT2D eigenvalue weighted by Crippen LogP contribution is -2.00. The lowest BCUT2D eigenvalue weighted by atomic mass is 9.91. The molecule has 3 nitrogen and oxygen atoms in total. The van der Waals surface area contributed by atoms with Crippen LogP contribution in [-0.4, -0.2) is 16.2 Å². The Morgan fingerprint density at radius 3 is 2.52 bits per heavy atom. The van der Waals surface area contributed by atoms with E-state index in [1.54, 1.807) is 0 Å². The highest BCUT2D eigenvalue weighted by molar-refractivity contribution is 6.04. The standard InChI is InChI=1S/C18H14O3/c1-11-6-7-12-4-2-3-5-14(12)17(11)16-10-13(19)8-9-15(16)18(20)21/h2-10,19H,1H3,(H,20,21). The van der Waals surface area contributed by atoms with Gasteiger partial charge in [0.2, 0.25) is 0 Å². The molecule has 0 unspecified atom stereocenters. The first-order valence-corrected chi connectivity index (χ1v) is 6.63. The van der Waals surface area contributed by atoms with Crippen molar-refractivity contribution in [3.8, 4) is 16.9 Å². The van der Waals surface area contributed by atoms with Crippen molar-refractivity contribution in [3.05, 3.63) is 65.7 Å². The van der Waals surface area contributed by atoms with Gasteiger partial charge in [0, 0.05) is 5.56 Å². The lowest BCUT2D eigenvalue weighted by Gasteiger charge is -2.13. The number of phenols is 1. The predicted molar refractivity (Wildman–Crippen MR) is 82.7 cm³/mol. The first-order chi connectivity index (χ1) is 10.1. The van der Waals surface area contributed by atoms with Crippen molar-refractivity contribution in [1.29, 1.82) is 0 Å². The summed E-state index contributed by atoms with van der Waals surface area (Å²) in [5.74, 6) is -0.945. The Morgan fingerprint density at radius 1 is 1.00 bits per heavy atom. The molecule has 0 fully saturated rings. The second kappa shape index (κ2) is 4.94. The summed E-state index contributed by atoms with van der Waals surface area (Å²) in [6, 6.07) is 16.1. The number of fused-ring (bicyclic) bond motifs is 1. The smallest absolute Gasteiger partial charge is 0.336 e. The number of hydrogen-bond acceptors (Lipinski definition) is 2. The molecule has 0 aliphatic heterocycles. The average Bonchev–Trinajstić information content (AvgIpc) is 2.46. The van der Waals surface area contributed by atoms with Crippen molar-refractivity contribution in [2.24, 2.45) is 0 Å². The van der Waals surface area contributed by atoms with E-state index in [4.69, 9.17) is 0 Å². The second-order valence-corrected chi connectivity index (χ2v) is 5.01. The Labute approximate surface area is 122 Å². The van der Waals surface area contributed by atoms with Crippen LogP contribution in [0, 0.1) is 6.92 Å². The SMILES string of the molecule is Cc1ccc2ccccc2c1-c1cc(O)ccc1C(=O)O. The monoisotopic (exact) mass is 278 g/mol. The molecule has 0 radical (unpaired) electrons. The van der Waals surface area contributed by atoms with Gasteiger partial charge in [0.1, 0.15) is 5.75 Å². The third kappa shape index (κ3) is 2.23. The van der Waals surface area contributed by atoms with Crippen LogP contribution in [-0.2, 0) is 0 Å². The quantitative estimate of drug-likeness (QED) is 0.738. The van der Waals surface area contributed by atoms with Gasteiger partial charge in [0.15, 0.2) is 0 Å². The fourth-order valence-electron chi connectivity index (χ4n) is 2.66. The molecular weight excluding hydrogens is 264 g/mol. The van der Waals surface area contributed by atoms with Crippen LogP contribution in [0.2, 0.25) is 0 Å². The van der Waals surface area contributed by atoms with E-state index < -0.39 is 5.97 Å². The van der Waals surface area contributed by atoms with Crippen LogP contribution in [0.4, 0.5) is 0 Å². The van der Waals surface area contributed by atoms with Crippen LogP contribution >= 0.6 is 0 Å². The highest BCUT2D eigenvalue weighted by atomic mass is 16.4. The Balaban J connectivity index is 2.43. The third-order valence-electron chi connectivity index (χ3n) is 3.64. The first-order valence-electron chi connectivity index (χ1n) is 6.63. The highest BCUT2D eigenvalue weighted by Crippen LogP contribution is 2.35. The summed E-state index contributed by atoms with van der Waals surface area (Å²) in [5.41, 5.74) is 2.55. The van der Waals surface area contributed by atoms with Gasteiger partial charge in [-0.1, -0.05) is 36.4 Å². The molecule has 21 heavy (non-hydrogen) atoms. The van der Waals surface area contributed by atoms with E-state index in [1.165, 1.54) is 18.2 Å². The van der Waals surface area contributed by atoms with Crippen molar-refractivity contribution in [1.82, 2.24) is 0 Å². The van der Waals surface area contributed by atoms with Gasteiger partial charge in [-0.2, -0.15) is 0 Å². The van der Waals surface area contributed by atoms with Gasteiger partial charge in [-0.25, -0.2) is 4.79 Å². The molecule has 0 aliphatic rings. The molecular formula is C18H14O3. The maximum atomic E-state index is 11.5. The number of rotatable bonds is 2. The van der Waals surface area contributed by atoms with E-state index >= 15 is 0 Å². The van der Waals surface area contributed by atoms with Gasteiger partial charge in [0.25, 0.3) is 0 Å². The maximum Gasteiger partial charge on any atom is 0.336 e. The first kappa shape index (κ1) is 13.2. The van der Waals surface area contributed by atoms with E-state index in [2.05, 4.69) is 0 Å². The van der Waals surface area contributed by atoms with Gasteiger partial charge in [0.05, 0.1) is 5.56 Å². The minimum atomic E-state index is -1.00. The minimum absolute atomic E-state index is 0.0577. The van der Waals surface area contributed by atoms with E-state index in [9.17, 15) is 15.0 Å². The van der Waals surface area contributed by atoms with Crippen LogP contribution < -0.4 is 0 Å². The Kier molecular flexibility index (Phi) is 3.10. The van der Waals surface area contributed by atoms with Crippen LogP contribution in [0.15, 0.2) is 54.6 Å². The molecule has 0 saturated carbocycles. The Morgan fingerprint density at radius 2 is 1.76 bits per heavy atom. The maximum absolute atomic E-state index is 11.5. The minimum Gasteiger partial charge on any atom is -0.508 e. The number of aromatic hydroxyl groups is 1. The van der Waals surface area contributed by atoms with Crippen molar-refractivity contribution < 1.29 is 15.0 Å². The number of carbonyl (C=O) groups is 1. The molecule has 0 atom stereocenters. The van der Waals surface area contributed by atoms with Gasteiger partial charge in [-0.3, -0.25) is 0 Å². The van der Waals surface area contributed by atoms with Crippen molar-refractivity contribution in [3.63, 3.8) is 0 Å². The number of aryl methyl sites for hydroxylation is 1. The zero-order valence-corrected chi connectivity index (χ0v) is 11.5. The van der Waals surface area contributed by atoms with E-state index in [-0.39, 0.29) is 11.3 Å². The molecule has 0 bridgehead atoms. The summed E-state index contributed by atoms with van der Waals surface area (Å²) in [6.07, 6.45) is 0. The highest BCUT2D eigenvalue weighted by Gasteiger charge is 2.16. The number of aromatic carboxylic acids is 1. The molecule has 0 aliphatic carbocycles. The lowest BCUT2D eigenvalue weighted by molar-refractivity contribution is 0.0698. The summed E-state index contributed by atoms with van der Waals surface area (Å²) in [6.45, 7) is 1.94. The van der Waals surface area contributed by atoms with E-state index in [1.807, 2.05) is 43.3 Å². The van der Waals surface area contributed by atoms with Gasteiger partial charge >= 0.3 is 5.97 Å². The Hall–Kier alpha value is -2.81. The Bertz CT molecular complexity index is 850. The topological polar surface area (TPSA) is 57.5 Å². The number of benzene rings is 3. The van der Waals surface area contributed by atoms with Crippen LogP contribution in [0.1, 0.15) is 15.9 Å². The fraction of sp³-hybridized carbons (Fsp3) is 0.0556. The number of carboxylic acids is 1. The molecule has 3 aromatic rings. The van der Waals surface area contributed by atoms with Crippen LogP contribution in [0.5, 0.6) is 5.75 Å². The molecule has 0 amide bonds. The fourth-order valence-corrected chi connectivity index (χ4v) is 2.66. The van der Waals surface area contributed by atoms with Crippen molar-refractivity contribution in [2.75, 3.05) is 0 Å². The second-order valence-electron chi connectivity index (χ2n) is 5.01. The predicted octanol–water partition coefficient (Wildman–Crippen LogP) is 4.22. The normalized spacial score (nSPS) is 10.7. The molecule has 0 saturated heterocycles. The summed E-state index contributed by atoms with van der Waals surface area (Å²) in [4.78, 5) is 11.5. The van der Waals surface area contributed by atoms with Crippen molar-refractivity contribution >= 4 is 16.7 Å². The molecule has 0 heterocycles. The van der Waals surface area contributed by atoms with Crippen LogP contribution in [0.25, 0.3) is 21.9 Å². The average molecular weight is 278 g/mol. The number of carboxylic acid groups (broad SMARTS) is 1. The summed E-state index contributed by atoms with van der Waals surface area (Å²) in [7, 11) is 0. The summed E-state index contributed by atoms with van der Waals surface area (Å²) in [5, 5.41) is 21.2. The number of hydrogen-bond donors (Lipinski definition) is 2. The van der Waals surface area contributed by atoms with Crippen molar-refractivity contribution in [2.45, 2.75) is 6.92 Å². The zero-order chi connectivity index (χ0) is 15.0. The third-order valence-corrected chi connectivity index (χ3v) is 3.64. The van der Waals surface area contributed by atoms with Gasteiger partial charge in [-0.15, -0.1) is 0 Å². The molecule has 3 heteroatoms. The van der Waals surface area contributed by atoms with E-state index in [0.717, 1.165) is 21.9 Å². The summed E-state index contributed by atoms with van der Waals surface area (Å²) >= 11 is 0. The molecule has 3 aromatic carbocycles. The van der Waals surface area contributed by atoms with Gasteiger partial charge < -0.3 is 10.2 Å². The molecule has 0 spiro atoms. The largest absolute Gasteiger partial charge is 0.508 e. The zero-order valence-electron chi connectivity index (χ0n) is 11.5. The van der Waals surface area contributed by atoms with E-state index in [0.29, 0.717) is 5.56 Å². The molecule has 3 rings (SSSR count). The molecule has 0 aromatic heterocycles. The van der Waals surface area contributed by atoms with Gasteiger partial charge in [-0.05, 0) is 47.0 Å². The number of phenolic OH excluding ortho intramolecular Hbond substituents is 1. The van der Waals surface area contributed by atoms with Crippen LogP contribution in [0.3, 0.4) is 0 Å². The molecule has 2 N–H and O–H groups in total. The molecule has 104 valence electrons. The summed E-state index contributed by atoms with van der Waals surface area (Å²) < 4.78 is 0.